The maximum Gasteiger partial charge on any atom is 0.143 e. The Balaban J connectivity index is 0.552. The van der Waals surface area contributed by atoms with Crippen LogP contribution in [0.2, 0.25) is 0 Å². The summed E-state index contributed by atoms with van der Waals surface area (Å²) < 4.78 is 25.1. The van der Waals surface area contributed by atoms with Gasteiger partial charge in [0.1, 0.15) is 33.5 Å². The molecule has 23 rings (SSSR count). The molecule has 0 atom stereocenters. The summed E-state index contributed by atoms with van der Waals surface area (Å²) in [5.41, 5.74) is 31.5. The summed E-state index contributed by atoms with van der Waals surface area (Å²) in [6, 6.07) is 148. The lowest BCUT2D eigenvalue weighted by Crippen LogP contribution is -2.10. The van der Waals surface area contributed by atoms with E-state index in [1.165, 1.54) is 60.3 Å². The molecule has 5 aromatic heterocycles. The highest BCUT2D eigenvalue weighted by Gasteiger charge is 2.23. The monoisotopic (exact) mass is 1470 g/mol. The van der Waals surface area contributed by atoms with Gasteiger partial charge in [-0.1, -0.05) is 261 Å². The zero-order valence-corrected chi connectivity index (χ0v) is 62.3. The van der Waals surface area contributed by atoms with Crippen molar-refractivity contribution in [1.82, 2.24) is 9.13 Å². The van der Waals surface area contributed by atoms with Gasteiger partial charge in [-0.05, 0) is 202 Å². The Morgan fingerprint density at radius 2 is 0.417 bits per heavy atom. The minimum absolute atomic E-state index is 0.833. The number of nitrogens with zero attached hydrogens (tertiary/aromatic N) is 4. The van der Waals surface area contributed by atoms with Gasteiger partial charge in [-0.25, -0.2) is 0 Å². The summed E-state index contributed by atoms with van der Waals surface area (Å²) in [5, 5.41) is 11.4. The summed E-state index contributed by atoms with van der Waals surface area (Å²) in [4.78, 5) is 4.69. The Hall–Kier alpha value is -15.4. The van der Waals surface area contributed by atoms with Crippen LogP contribution in [0.25, 0.3) is 188 Å². The molecular formula is C108H68N4O3. The first-order valence-electron chi connectivity index (χ1n) is 39.2. The number of para-hydroxylation sites is 8. The molecule has 0 saturated carbocycles. The standard InChI is InChI=1S/C108H68N4O3/c1-2-17-69(18-3-1)70-35-37-71(38-36-70)72-39-49-78(50-40-72)109(82-57-61-84(62-58-82)111-99-30-9-4-19-89(99)90-20-5-10-31-100(90)111)79-53-43-74(44-54-79)87-25-15-28-95-97-67-76(47-65-104(97)114-107(87)95)77-48-66-105-98(68-77)96-29-16-26-88(108(96)115-105)75-45-55-81(56-46-75)110(80-51-41-73(42-52-80)86-24-14-27-94-93-23-8-13-34-103(93)113-106(86)94)83-59-63-85(64-60-83)112-101-32-11-6-21-91(101)92-22-7-12-33-102(92)112/h1-68H. The molecule has 7 nitrogen and oxygen atoms in total. The van der Waals surface area contributed by atoms with Crippen LogP contribution < -0.4 is 9.80 Å². The maximum absolute atomic E-state index is 6.90. The minimum atomic E-state index is 0.833. The number of furan rings is 3. The summed E-state index contributed by atoms with van der Waals surface area (Å²) in [6.45, 7) is 0. The van der Waals surface area contributed by atoms with Crippen molar-refractivity contribution in [1.29, 1.82) is 0 Å². The van der Waals surface area contributed by atoms with E-state index in [0.29, 0.717) is 0 Å². The van der Waals surface area contributed by atoms with Gasteiger partial charge < -0.3 is 32.2 Å². The smallest absolute Gasteiger partial charge is 0.143 e. The number of aromatic nitrogens is 2. The number of hydrogen-bond donors (Lipinski definition) is 0. The molecule has 115 heavy (non-hydrogen) atoms. The summed E-state index contributed by atoms with van der Waals surface area (Å²) in [7, 11) is 0. The van der Waals surface area contributed by atoms with Crippen LogP contribution in [0.15, 0.2) is 426 Å². The fourth-order valence-corrected chi connectivity index (χ4v) is 17.8. The zero-order chi connectivity index (χ0) is 75.6. The summed E-state index contributed by atoms with van der Waals surface area (Å²) >= 11 is 0. The van der Waals surface area contributed by atoms with Crippen molar-refractivity contribution in [3.05, 3.63) is 413 Å². The van der Waals surface area contributed by atoms with Crippen molar-refractivity contribution in [3.8, 4) is 78.1 Å². The molecule has 0 aliphatic heterocycles. The molecule has 0 unspecified atom stereocenters. The van der Waals surface area contributed by atoms with E-state index < -0.39 is 0 Å². The largest absolute Gasteiger partial charge is 0.455 e. The first-order chi connectivity index (χ1) is 57.0. The molecule has 7 heteroatoms. The van der Waals surface area contributed by atoms with Crippen molar-refractivity contribution in [2.45, 2.75) is 0 Å². The molecule has 5 heterocycles. The number of benzene rings is 18. The second-order valence-electron chi connectivity index (χ2n) is 29.8. The van der Waals surface area contributed by atoms with Gasteiger partial charge in [0.05, 0.1) is 22.1 Å². The molecule has 0 amide bonds. The zero-order valence-electron chi connectivity index (χ0n) is 62.3. The lowest BCUT2D eigenvalue weighted by atomic mass is 9.98. The molecule has 0 aliphatic carbocycles. The molecule has 538 valence electrons. The fourth-order valence-electron chi connectivity index (χ4n) is 17.8. The summed E-state index contributed by atoms with van der Waals surface area (Å²) in [5.74, 6) is 0. The van der Waals surface area contributed by atoms with Crippen molar-refractivity contribution in [2.24, 2.45) is 0 Å². The Morgan fingerprint density at radius 3 is 0.774 bits per heavy atom. The highest BCUT2D eigenvalue weighted by atomic mass is 16.3. The predicted molar refractivity (Wildman–Crippen MR) is 479 cm³/mol. The van der Waals surface area contributed by atoms with E-state index in [-0.39, 0.29) is 0 Å². The third kappa shape index (κ3) is 11.0. The van der Waals surface area contributed by atoms with Crippen LogP contribution in [0.4, 0.5) is 34.1 Å². The SMILES string of the molecule is c1ccc(-c2ccc(-c3ccc(N(c4ccc(-c5cccc6c5oc5ccc(-c7ccc8oc9c(-c%10ccc(N(c%11ccc(-c%12cccc%13c%12oc%12ccccc%12%13)cc%11)c%11ccc(-n%12c%13ccccc%13c%13ccccc%13%12)cc%11)cc%10)cccc9c8c7)cc56)cc4)c4ccc(-n5c6ccccc6c6ccccc65)cc4)cc3)cc2)cc1. The molecular weight excluding hydrogens is 1400 g/mol. The number of anilines is 6. The molecule has 18 aromatic carbocycles. The van der Waals surface area contributed by atoms with E-state index >= 15 is 0 Å². The average molecular weight is 1470 g/mol. The molecule has 0 radical (unpaired) electrons. The molecule has 0 N–H and O–H groups in total. The van der Waals surface area contributed by atoms with Gasteiger partial charge in [0.25, 0.3) is 0 Å². The third-order valence-electron chi connectivity index (χ3n) is 23.4. The van der Waals surface area contributed by atoms with E-state index in [9.17, 15) is 0 Å². The van der Waals surface area contributed by atoms with E-state index in [2.05, 4.69) is 419 Å². The highest BCUT2D eigenvalue weighted by Crippen LogP contribution is 2.47. The second-order valence-corrected chi connectivity index (χ2v) is 29.8. The van der Waals surface area contributed by atoms with Gasteiger partial charge in [-0.2, -0.15) is 0 Å². The van der Waals surface area contributed by atoms with E-state index in [1.807, 2.05) is 12.1 Å². The molecule has 23 aromatic rings. The molecule has 0 aliphatic rings. The Morgan fingerprint density at radius 1 is 0.165 bits per heavy atom. The third-order valence-corrected chi connectivity index (χ3v) is 23.4. The Kier molecular flexibility index (Phi) is 15.2. The van der Waals surface area contributed by atoms with Crippen molar-refractivity contribution < 1.29 is 13.3 Å². The minimum Gasteiger partial charge on any atom is -0.455 e. The van der Waals surface area contributed by atoms with Crippen molar-refractivity contribution >= 4 is 144 Å². The first kappa shape index (κ1) is 65.4. The lowest BCUT2D eigenvalue weighted by Gasteiger charge is -2.26. The van der Waals surface area contributed by atoms with Gasteiger partial charge in [-0.3, -0.25) is 0 Å². The van der Waals surface area contributed by atoms with Crippen LogP contribution in [0.3, 0.4) is 0 Å². The molecule has 0 saturated heterocycles. The van der Waals surface area contributed by atoms with Gasteiger partial charge in [0.15, 0.2) is 0 Å². The van der Waals surface area contributed by atoms with Crippen LogP contribution in [0.1, 0.15) is 0 Å². The maximum atomic E-state index is 6.90. The fraction of sp³-hybridized carbons (Fsp3) is 0. The molecule has 0 bridgehead atoms. The van der Waals surface area contributed by atoms with Crippen LogP contribution in [-0.2, 0) is 0 Å². The summed E-state index contributed by atoms with van der Waals surface area (Å²) in [6.07, 6.45) is 0. The van der Waals surface area contributed by atoms with Crippen molar-refractivity contribution in [3.63, 3.8) is 0 Å². The van der Waals surface area contributed by atoms with Crippen LogP contribution in [0, 0.1) is 0 Å². The Labute approximate surface area is 662 Å². The number of hydrogen-bond acceptors (Lipinski definition) is 5. The predicted octanol–water partition coefficient (Wildman–Crippen LogP) is 30.5. The quantitative estimate of drug-likeness (QED) is 0.109. The molecule has 0 spiro atoms. The topological polar surface area (TPSA) is 55.8 Å². The average Bonchev–Trinajstić information content (AvgIpc) is 1.63. The normalized spacial score (nSPS) is 11.8. The lowest BCUT2D eigenvalue weighted by molar-refractivity contribution is 0.669. The van der Waals surface area contributed by atoms with Gasteiger partial charge >= 0.3 is 0 Å². The van der Waals surface area contributed by atoms with Gasteiger partial charge in [0.2, 0.25) is 0 Å². The first-order valence-corrected chi connectivity index (χ1v) is 39.2. The van der Waals surface area contributed by atoms with E-state index in [4.69, 9.17) is 13.3 Å². The van der Waals surface area contributed by atoms with E-state index in [1.54, 1.807) is 0 Å². The van der Waals surface area contributed by atoms with Crippen LogP contribution in [0.5, 0.6) is 0 Å². The van der Waals surface area contributed by atoms with E-state index in [0.717, 1.165) is 161 Å². The molecule has 0 fully saturated rings. The Bertz CT molecular complexity index is 7610. The van der Waals surface area contributed by atoms with Crippen LogP contribution in [-0.4, -0.2) is 9.13 Å². The van der Waals surface area contributed by atoms with Crippen LogP contribution >= 0.6 is 0 Å². The van der Waals surface area contributed by atoms with Crippen molar-refractivity contribution in [2.75, 3.05) is 9.80 Å². The van der Waals surface area contributed by atoms with Gasteiger partial charge in [-0.15, -0.1) is 0 Å². The highest BCUT2D eigenvalue weighted by molar-refractivity contribution is 6.15. The number of fused-ring (bicyclic) bond motifs is 15. The van der Waals surface area contributed by atoms with Gasteiger partial charge in [0, 0.05) is 116 Å². The number of rotatable bonds is 14. The second kappa shape index (κ2) is 26.7.